The molecule has 35 heavy (non-hydrogen) atoms. The Labute approximate surface area is 205 Å². The second kappa shape index (κ2) is 10.9. The normalized spacial score (nSPS) is 10.8. The first-order valence-electron chi connectivity index (χ1n) is 11.9. The van der Waals surface area contributed by atoms with Gasteiger partial charge in [0.25, 0.3) is 11.5 Å². The number of anilines is 1. The van der Waals surface area contributed by atoms with E-state index in [-0.39, 0.29) is 11.5 Å². The summed E-state index contributed by atoms with van der Waals surface area (Å²) < 4.78 is 6.75. The number of fused-ring (bicyclic) bond motifs is 1. The summed E-state index contributed by atoms with van der Waals surface area (Å²) >= 11 is 0. The van der Waals surface area contributed by atoms with Gasteiger partial charge in [0.15, 0.2) is 0 Å². The van der Waals surface area contributed by atoms with Crippen molar-refractivity contribution < 1.29 is 9.53 Å². The van der Waals surface area contributed by atoms with Crippen LogP contribution in [0.5, 0.6) is 5.75 Å². The minimum absolute atomic E-state index is 0.168. The van der Waals surface area contributed by atoms with Gasteiger partial charge in [0.05, 0.1) is 12.7 Å². The zero-order valence-electron chi connectivity index (χ0n) is 20.5. The highest BCUT2D eigenvalue weighted by atomic mass is 16.5. The van der Waals surface area contributed by atoms with E-state index in [1.807, 2.05) is 18.2 Å². The molecule has 0 aliphatic rings. The molecular weight excluding hydrogens is 438 g/mol. The summed E-state index contributed by atoms with van der Waals surface area (Å²) in [6, 6.07) is 22.9. The van der Waals surface area contributed by atoms with Crippen molar-refractivity contribution in [2.24, 2.45) is 0 Å². The third-order valence-corrected chi connectivity index (χ3v) is 6.16. The molecule has 1 N–H and O–H groups in total. The van der Waals surface area contributed by atoms with Gasteiger partial charge in [0, 0.05) is 48.0 Å². The number of ether oxygens (including phenoxy) is 1. The van der Waals surface area contributed by atoms with Crippen molar-refractivity contribution in [2.75, 3.05) is 31.6 Å². The standard InChI is InChI=1S/C29H31N3O3/c1-4-31(23-10-7-9-21(2)19-23)18-8-17-30-28(33)27-20-32(22-13-15-24(35-3)16-14-22)29(34)26-12-6-5-11-25(26)27/h5-7,9-16,19-20H,4,8,17-18H2,1-3H3,(H,30,33). The van der Waals surface area contributed by atoms with Gasteiger partial charge in [-0.15, -0.1) is 0 Å². The van der Waals surface area contributed by atoms with Gasteiger partial charge >= 0.3 is 0 Å². The van der Waals surface area contributed by atoms with E-state index in [1.165, 1.54) is 15.8 Å². The Morgan fingerprint density at radius 1 is 1.00 bits per heavy atom. The Balaban J connectivity index is 1.53. The Morgan fingerprint density at radius 3 is 2.43 bits per heavy atom. The van der Waals surface area contributed by atoms with Gasteiger partial charge in [-0.25, -0.2) is 0 Å². The average molecular weight is 470 g/mol. The maximum Gasteiger partial charge on any atom is 0.262 e. The maximum absolute atomic E-state index is 13.2. The Hall–Kier alpha value is -4.06. The average Bonchev–Trinajstić information content (AvgIpc) is 2.89. The molecule has 0 saturated heterocycles. The predicted molar refractivity (Wildman–Crippen MR) is 142 cm³/mol. The molecule has 4 rings (SSSR count). The quantitative estimate of drug-likeness (QED) is 0.352. The maximum atomic E-state index is 13.2. The molecule has 180 valence electrons. The third kappa shape index (κ3) is 5.38. The predicted octanol–water partition coefficient (Wildman–Crippen LogP) is 4.95. The lowest BCUT2D eigenvalue weighted by molar-refractivity contribution is 0.0954. The zero-order chi connectivity index (χ0) is 24.8. The smallest absolute Gasteiger partial charge is 0.262 e. The molecule has 0 radical (unpaired) electrons. The number of nitrogens with one attached hydrogen (secondary N) is 1. The molecule has 0 spiro atoms. The molecule has 6 heteroatoms. The summed E-state index contributed by atoms with van der Waals surface area (Å²) in [6.07, 6.45) is 2.44. The second-order valence-electron chi connectivity index (χ2n) is 8.49. The number of carbonyl (C=O) groups is 1. The number of hydrogen-bond acceptors (Lipinski definition) is 4. The lowest BCUT2D eigenvalue weighted by atomic mass is 10.1. The molecule has 0 aliphatic carbocycles. The van der Waals surface area contributed by atoms with E-state index in [0.29, 0.717) is 34.3 Å². The van der Waals surface area contributed by atoms with Crippen LogP contribution < -0.4 is 20.5 Å². The first kappa shape index (κ1) is 24.1. The van der Waals surface area contributed by atoms with Crippen LogP contribution in [0.3, 0.4) is 0 Å². The van der Waals surface area contributed by atoms with Crippen LogP contribution in [0.25, 0.3) is 16.5 Å². The molecule has 0 aliphatic heterocycles. The molecule has 1 aromatic heterocycles. The van der Waals surface area contributed by atoms with Crippen LogP contribution in [0.4, 0.5) is 5.69 Å². The molecule has 1 heterocycles. The number of benzene rings is 3. The fourth-order valence-corrected chi connectivity index (χ4v) is 4.27. The minimum atomic E-state index is -0.193. The van der Waals surface area contributed by atoms with Crippen molar-refractivity contribution in [3.8, 4) is 11.4 Å². The topological polar surface area (TPSA) is 63.6 Å². The molecule has 3 aromatic carbocycles. The van der Waals surface area contributed by atoms with E-state index in [4.69, 9.17) is 4.74 Å². The van der Waals surface area contributed by atoms with Gasteiger partial charge in [-0.1, -0.05) is 30.3 Å². The van der Waals surface area contributed by atoms with E-state index >= 15 is 0 Å². The van der Waals surface area contributed by atoms with Crippen molar-refractivity contribution in [3.63, 3.8) is 0 Å². The number of aromatic nitrogens is 1. The SMILES string of the molecule is CCN(CCCNC(=O)c1cn(-c2ccc(OC)cc2)c(=O)c2ccccc12)c1cccc(C)c1. The van der Waals surface area contributed by atoms with E-state index in [9.17, 15) is 9.59 Å². The highest BCUT2D eigenvalue weighted by molar-refractivity contribution is 6.06. The molecule has 0 saturated carbocycles. The summed E-state index contributed by atoms with van der Waals surface area (Å²) in [7, 11) is 1.60. The molecule has 0 bridgehead atoms. The number of nitrogens with zero attached hydrogens (tertiary/aromatic N) is 2. The summed E-state index contributed by atoms with van der Waals surface area (Å²) in [5.41, 5.74) is 3.40. The second-order valence-corrected chi connectivity index (χ2v) is 8.49. The number of amides is 1. The van der Waals surface area contributed by atoms with E-state index in [0.717, 1.165) is 19.5 Å². The van der Waals surface area contributed by atoms with Crippen molar-refractivity contribution in [2.45, 2.75) is 20.3 Å². The molecule has 0 unspecified atom stereocenters. The van der Waals surface area contributed by atoms with Crippen LogP contribution in [-0.4, -0.2) is 37.2 Å². The Bertz CT molecular complexity index is 1380. The van der Waals surface area contributed by atoms with E-state index in [1.54, 1.807) is 43.6 Å². The van der Waals surface area contributed by atoms with Gasteiger partial charge in [-0.3, -0.25) is 14.2 Å². The van der Waals surface area contributed by atoms with Gasteiger partial charge in [-0.2, -0.15) is 0 Å². The van der Waals surface area contributed by atoms with Crippen LogP contribution in [0.1, 0.15) is 29.3 Å². The number of hydrogen-bond donors (Lipinski definition) is 1. The number of carbonyl (C=O) groups excluding carboxylic acids is 1. The molecule has 0 fully saturated rings. The molecule has 1 amide bonds. The molecule has 4 aromatic rings. The summed E-state index contributed by atoms with van der Waals surface area (Å²) in [5.74, 6) is 0.509. The number of methoxy groups -OCH3 is 1. The van der Waals surface area contributed by atoms with E-state index < -0.39 is 0 Å². The number of rotatable bonds is 9. The van der Waals surface area contributed by atoms with Crippen LogP contribution in [0.15, 0.2) is 83.8 Å². The van der Waals surface area contributed by atoms with Crippen LogP contribution in [0.2, 0.25) is 0 Å². The van der Waals surface area contributed by atoms with Crippen LogP contribution >= 0.6 is 0 Å². The third-order valence-electron chi connectivity index (χ3n) is 6.16. The first-order valence-corrected chi connectivity index (χ1v) is 11.9. The van der Waals surface area contributed by atoms with Gasteiger partial charge in [-0.05, 0) is 68.3 Å². The summed E-state index contributed by atoms with van der Waals surface area (Å²) in [5, 5.41) is 4.20. The highest BCUT2D eigenvalue weighted by Crippen LogP contribution is 2.20. The fourth-order valence-electron chi connectivity index (χ4n) is 4.27. The van der Waals surface area contributed by atoms with Crippen molar-refractivity contribution >= 4 is 22.4 Å². The Morgan fingerprint density at radius 2 is 1.74 bits per heavy atom. The summed E-state index contributed by atoms with van der Waals surface area (Å²) in [4.78, 5) is 28.7. The van der Waals surface area contributed by atoms with Crippen molar-refractivity contribution in [1.82, 2.24) is 9.88 Å². The monoisotopic (exact) mass is 469 g/mol. The molecule has 6 nitrogen and oxygen atoms in total. The highest BCUT2D eigenvalue weighted by Gasteiger charge is 2.15. The van der Waals surface area contributed by atoms with Gasteiger partial charge < -0.3 is 15.0 Å². The lowest BCUT2D eigenvalue weighted by Crippen LogP contribution is -2.31. The van der Waals surface area contributed by atoms with Gasteiger partial charge in [0.1, 0.15) is 5.75 Å². The number of aryl methyl sites for hydroxylation is 1. The number of pyridine rings is 1. The van der Waals surface area contributed by atoms with Crippen molar-refractivity contribution in [1.29, 1.82) is 0 Å². The van der Waals surface area contributed by atoms with Crippen LogP contribution in [0, 0.1) is 6.92 Å². The van der Waals surface area contributed by atoms with Gasteiger partial charge in [0.2, 0.25) is 0 Å². The molecule has 0 atom stereocenters. The Kier molecular flexibility index (Phi) is 7.51. The first-order chi connectivity index (χ1) is 17.0. The largest absolute Gasteiger partial charge is 0.497 e. The van der Waals surface area contributed by atoms with E-state index in [2.05, 4.69) is 48.3 Å². The summed E-state index contributed by atoms with van der Waals surface area (Å²) in [6.45, 7) is 6.50. The lowest BCUT2D eigenvalue weighted by Gasteiger charge is -2.23. The van der Waals surface area contributed by atoms with Crippen molar-refractivity contribution in [3.05, 3.63) is 100 Å². The zero-order valence-corrected chi connectivity index (χ0v) is 20.5. The van der Waals surface area contributed by atoms with Crippen LogP contribution in [-0.2, 0) is 0 Å². The minimum Gasteiger partial charge on any atom is -0.497 e. The fraction of sp³-hybridized carbons (Fsp3) is 0.241. The molecular formula is C29H31N3O3.